The van der Waals surface area contributed by atoms with Crippen molar-refractivity contribution in [2.45, 2.75) is 70.4 Å². The van der Waals surface area contributed by atoms with E-state index in [1.807, 2.05) is 0 Å². The maximum atomic E-state index is 11.5. The van der Waals surface area contributed by atoms with Gasteiger partial charge in [0.25, 0.3) is 0 Å². The molecule has 16 heavy (non-hydrogen) atoms. The van der Waals surface area contributed by atoms with Crippen molar-refractivity contribution < 1.29 is 9.53 Å². The van der Waals surface area contributed by atoms with Gasteiger partial charge < -0.3 is 10.1 Å². The first-order valence-corrected chi connectivity index (χ1v) is 6.61. The number of nitrogens with one attached hydrogen (secondary N) is 1. The molecular formula is C13H25NO2. The molecule has 1 fully saturated rings. The Morgan fingerprint density at radius 2 is 2.00 bits per heavy atom. The highest BCUT2D eigenvalue weighted by Crippen LogP contribution is 2.21. The largest absolute Gasteiger partial charge is 0.468 e. The van der Waals surface area contributed by atoms with Gasteiger partial charge in [0.2, 0.25) is 0 Å². The van der Waals surface area contributed by atoms with E-state index in [2.05, 4.69) is 12.2 Å². The minimum Gasteiger partial charge on any atom is -0.468 e. The van der Waals surface area contributed by atoms with Crippen LogP contribution in [-0.4, -0.2) is 25.2 Å². The predicted octanol–water partition coefficient (Wildman–Crippen LogP) is 2.64. The van der Waals surface area contributed by atoms with Crippen LogP contribution in [0.2, 0.25) is 0 Å². The summed E-state index contributed by atoms with van der Waals surface area (Å²) in [6, 6.07) is 0.499. The fourth-order valence-corrected chi connectivity index (χ4v) is 1.90. The highest BCUT2D eigenvalue weighted by Gasteiger charge is 2.28. The third-order valence-electron chi connectivity index (χ3n) is 3.10. The molecule has 1 saturated carbocycles. The summed E-state index contributed by atoms with van der Waals surface area (Å²) < 4.78 is 4.82. The molecule has 0 aliphatic heterocycles. The zero-order chi connectivity index (χ0) is 11.8. The number of esters is 1. The lowest BCUT2D eigenvalue weighted by Crippen LogP contribution is -2.38. The van der Waals surface area contributed by atoms with Gasteiger partial charge in [-0.05, 0) is 19.3 Å². The summed E-state index contributed by atoms with van der Waals surface area (Å²) in [6.45, 7) is 2.21. The molecule has 1 atom stereocenters. The van der Waals surface area contributed by atoms with Crippen LogP contribution in [0, 0.1) is 0 Å². The number of methoxy groups -OCH3 is 1. The summed E-state index contributed by atoms with van der Waals surface area (Å²) in [5.74, 6) is -0.0950. The molecule has 0 aromatic rings. The predicted molar refractivity (Wildman–Crippen MR) is 65.3 cm³/mol. The summed E-state index contributed by atoms with van der Waals surface area (Å²) in [6.07, 6.45) is 9.56. The lowest BCUT2D eigenvalue weighted by Gasteiger charge is -2.15. The highest BCUT2D eigenvalue weighted by molar-refractivity contribution is 5.75. The second kappa shape index (κ2) is 7.66. The number of carbonyl (C=O) groups is 1. The average molecular weight is 227 g/mol. The van der Waals surface area contributed by atoms with Gasteiger partial charge in [0.1, 0.15) is 6.04 Å². The van der Waals surface area contributed by atoms with E-state index < -0.39 is 0 Å². The number of hydrogen-bond acceptors (Lipinski definition) is 3. The molecule has 0 radical (unpaired) electrons. The van der Waals surface area contributed by atoms with E-state index >= 15 is 0 Å². The van der Waals surface area contributed by atoms with Gasteiger partial charge >= 0.3 is 5.97 Å². The third-order valence-corrected chi connectivity index (χ3v) is 3.10. The molecule has 0 aromatic carbocycles. The molecule has 1 rings (SSSR count). The standard InChI is InChI=1S/C13H25NO2/c1-3-4-5-6-7-8-12(13(15)16-2)14-11-9-10-11/h11-12,14H,3-10H2,1-2H3. The van der Waals surface area contributed by atoms with Crippen LogP contribution in [0.5, 0.6) is 0 Å². The zero-order valence-electron chi connectivity index (χ0n) is 10.6. The summed E-state index contributed by atoms with van der Waals surface area (Å²) in [5, 5.41) is 3.36. The van der Waals surface area contributed by atoms with Gasteiger partial charge in [-0.2, -0.15) is 0 Å². The molecule has 0 saturated heterocycles. The van der Waals surface area contributed by atoms with Crippen molar-refractivity contribution in [3.05, 3.63) is 0 Å². The number of unbranched alkanes of at least 4 members (excludes halogenated alkanes) is 4. The Bertz CT molecular complexity index is 202. The molecule has 3 heteroatoms. The lowest BCUT2D eigenvalue weighted by molar-refractivity contribution is -0.143. The maximum absolute atomic E-state index is 11.5. The molecule has 0 amide bonds. The van der Waals surface area contributed by atoms with Gasteiger partial charge in [0.15, 0.2) is 0 Å². The topological polar surface area (TPSA) is 38.3 Å². The molecule has 1 aliphatic rings. The Hall–Kier alpha value is -0.570. The second-order valence-corrected chi connectivity index (χ2v) is 4.72. The molecule has 0 heterocycles. The number of rotatable bonds is 9. The first-order chi connectivity index (χ1) is 7.77. The Kier molecular flexibility index (Phi) is 6.46. The second-order valence-electron chi connectivity index (χ2n) is 4.72. The molecule has 1 N–H and O–H groups in total. The quantitative estimate of drug-likeness (QED) is 0.486. The normalized spacial score (nSPS) is 17.1. The van der Waals surface area contributed by atoms with Gasteiger partial charge in [0, 0.05) is 6.04 Å². The monoisotopic (exact) mass is 227 g/mol. The van der Waals surface area contributed by atoms with Crippen molar-refractivity contribution in [3.63, 3.8) is 0 Å². The van der Waals surface area contributed by atoms with Crippen LogP contribution in [0.25, 0.3) is 0 Å². The first-order valence-electron chi connectivity index (χ1n) is 6.61. The van der Waals surface area contributed by atoms with E-state index in [1.54, 1.807) is 0 Å². The molecule has 1 unspecified atom stereocenters. The van der Waals surface area contributed by atoms with Crippen LogP contribution in [0.3, 0.4) is 0 Å². The molecule has 0 spiro atoms. The van der Waals surface area contributed by atoms with Gasteiger partial charge in [0.05, 0.1) is 7.11 Å². The van der Waals surface area contributed by atoms with E-state index in [9.17, 15) is 4.79 Å². The van der Waals surface area contributed by atoms with E-state index in [0.717, 1.165) is 12.8 Å². The van der Waals surface area contributed by atoms with E-state index in [0.29, 0.717) is 6.04 Å². The summed E-state index contributed by atoms with van der Waals surface area (Å²) >= 11 is 0. The van der Waals surface area contributed by atoms with E-state index in [-0.39, 0.29) is 12.0 Å². The van der Waals surface area contributed by atoms with Crippen LogP contribution in [-0.2, 0) is 9.53 Å². The van der Waals surface area contributed by atoms with Crippen LogP contribution < -0.4 is 5.32 Å². The van der Waals surface area contributed by atoms with Gasteiger partial charge in [-0.25, -0.2) is 0 Å². The van der Waals surface area contributed by atoms with Crippen LogP contribution in [0.1, 0.15) is 58.3 Å². The fourth-order valence-electron chi connectivity index (χ4n) is 1.90. The van der Waals surface area contributed by atoms with Gasteiger partial charge in [-0.15, -0.1) is 0 Å². The smallest absolute Gasteiger partial charge is 0.322 e. The lowest BCUT2D eigenvalue weighted by atomic mass is 10.1. The average Bonchev–Trinajstić information content (AvgIpc) is 3.10. The van der Waals surface area contributed by atoms with Crippen molar-refractivity contribution in [1.82, 2.24) is 5.32 Å². The zero-order valence-corrected chi connectivity index (χ0v) is 10.6. The summed E-state index contributed by atoms with van der Waals surface area (Å²) in [7, 11) is 1.47. The summed E-state index contributed by atoms with van der Waals surface area (Å²) in [5.41, 5.74) is 0. The number of hydrogen-bond donors (Lipinski definition) is 1. The molecular weight excluding hydrogens is 202 g/mol. The maximum Gasteiger partial charge on any atom is 0.322 e. The molecule has 1 aliphatic carbocycles. The first kappa shape index (κ1) is 13.5. The van der Waals surface area contributed by atoms with Crippen LogP contribution in [0.15, 0.2) is 0 Å². The Labute approximate surface area is 98.9 Å². The number of ether oxygens (including phenoxy) is 1. The van der Waals surface area contributed by atoms with Gasteiger partial charge in [-0.1, -0.05) is 39.0 Å². The minimum absolute atomic E-state index is 0.0703. The van der Waals surface area contributed by atoms with Crippen LogP contribution in [0.4, 0.5) is 0 Å². The number of carbonyl (C=O) groups excluding carboxylic acids is 1. The van der Waals surface area contributed by atoms with Gasteiger partial charge in [-0.3, -0.25) is 4.79 Å². The molecule has 0 aromatic heterocycles. The molecule has 3 nitrogen and oxygen atoms in total. The summed E-state index contributed by atoms with van der Waals surface area (Å²) in [4.78, 5) is 11.5. The van der Waals surface area contributed by atoms with Crippen molar-refractivity contribution in [1.29, 1.82) is 0 Å². The molecule has 0 bridgehead atoms. The van der Waals surface area contributed by atoms with Crippen LogP contribution >= 0.6 is 0 Å². The minimum atomic E-state index is -0.0950. The Balaban J connectivity index is 2.13. The van der Waals surface area contributed by atoms with E-state index in [1.165, 1.54) is 45.6 Å². The third kappa shape index (κ3) is 5.50. The van der Waals surface area contributed by atoms with E-state index in [4.69, 9.17) is 4.74 Å². The van der Waals surface area contributed by atoms with Crippen molar-refractivity contribution in [3.8, 4) is 0 Å². The molecule has 94 valence electrons. The Morgan fingerprint density at radius 3 is 2.56 bits per heavy atom. The Morgan fingerprint density at radius 1 is 1.31 bits per heavy atom. The van der Waals surface area contributed by atoms with Crippen molar-refractivity contribution in [2.24, 2.45) is 0 Å². The fraction of sp³-hybridized carbons (Fsp3) is 0.923. The van der Waals surface area contributed by atoms with Crippen molar-refractivity contribution >= 4 is 5.97 Å². The SMILES string of the molecule is CCCCCCCC(NC1CC1)C(=O)OC. The van der Waals surface area contributed by atoms with Crippen molar-refractivity contribution in [2.75, 3.05) is 7.11 Å². The highest BCUT2D eigenvalue weighted by atomic mass is 16.5.